The Morgan fingerprint density at radius 2 is 2.18 bits per heavy atom. The number of benzene rings is 1. The van der Waals surface area contributed by atoms with Gasteiger partial charge >= 0.3 is 0 Å². The van der Waals surface area contributed by atoms with Crippen LogP contribution in [-0.4, -0.2) is 33.9 Å². The highest BCUT2D eigenvalue weighted by Crippen LogP contribution is 2.28. The van der Waals surface area contributed by atoms with Crippen LogP contribution in [0.1, 0.15) is 23.7 Å². The van der Waals surface area contributed by atoms with E-state index in [1.54, 1.807) is 24.0 Å². The molecule has 2 rings (SSSR count). The third-order valence-electron chi connectivity index (χ3n) is 3.44. The largest absolute Gasteiger partial charge is 0.396 e. The first-order valence-electron chi connectivity index (χ1n) is 7.20. The molecule has 118 valence electrons. The highest BCUT2D eigenvalue weighted by atomic mass is 35.5. The van der Waals surface area contributed by atoms with Crippen molar-refractivity contribution in [3.8, 4) is 11.3 Å². The molecule has 5 nitrogen and oxygen atoms in total. The van der Waals surface area contributed by atoms with Crippen molar-refractivity contribution in [1.82, 2.24) is 15.1 Å². The van der Waals surface area contributed by atoms with Crippen LogP contribution in [0, 0.1) is 5.92 Å². The molecular formula is C16H20ClN3O2. The van der Waals surface area contributed by atoms with Crippen molar-refractivity contribution in [2.45, 2.75) is 13.3 Å². The molecule has 2 N–H and O–H groups in total. The van der Waals surface area contributed by atoms with E-state index >= 15 is 0 Å². The van der Waals surface area contributed by atoms with Gasteiger partial charge in [0.25, 0.3) is 5.91 Å². The number of halogens is 1. The van der Waals surface area contributed by atoms with Gasteiger partial charge in [-0.2, -0.15) is 5.10 Å². The Labute approximate surface area is 134 Å². The van der Waals surface area contributed by atoms with Crippen molar-refractivity contribution in [3.05, 3.63) is 41.0 Å². The highest BCUT2D eigenvalue weighted by Gasteiger charge is 2.19. The van der Waals surface area contributed by atoms with Gasteiger partial charge in [-0.25, -0.2) is 0 Å². The van der Waals surface area contributed by atoms with E-state index in [1.165, 1.54) is 0 Å². The second-order valence-electron chi connectivity index (χ2n) is 5.37. The zero-order chi connectivity index (χ0) is 16.1. The fraction of sp³-hybridized carbons (Fsp3) is 0.375. The van der Waals surface area contributed by atoms with E-state index in [1.807, 2.05) is 25.1 Å². The van der Waals surface area contributed by atoms with Gasteiger partial charge in [-0.05, 0) is 18.4 Å². The summed E-state index contributed by atoms with van der Waals surface area (Å²) in [5.74, 6) is 0.0298. The van der Waals surface area contributed by atoms with E-state index in [0.29, 0.717) is 29.2 Å². The molecule has 1 atom stereocenters. The summed E-state index contributed by atoms with van der Waals surface area (Å²) in [6, 6.07) is 7.32. The van der Waals surface area contributed by atoms with E-state index in [0.717, 1.165) is 5.56 Å². The summed E-state index contributed by atoms with van der Waals surface area (Å²) in [5, 5.41) is 16.7. The molecule has 0 saturated carbocycles. The quantitative estimate of drug-likeness (QED) is 0.859. The normalized spacial score (nSPS) is 12.2. The van der Waals surface area contributed by atoms with E-state index in [9.17, 15) is 4.79 Å². The number of carbonyl (C=O) groups excluding carboxylic acids is 1. The van der Waals surface area contributed by atoms with Crippen LogP contribution >= 0.6 is 11.6 Å². The molecule has 0 saturated heterocycles. The summed E-state index contributed by atoms with van der Waals surface area (Å²) in [4.78, 5) is 12.4. The van der Waals surface area contributed by atoms with Crippen LogP contribution in [0.3, 0.4) is 0 Å². The summed E-state index contributed by atoms with van der Waals surface area (Å²) in [6.07, 6.45) is 2.34. The van der Waals surface area contributed by atoms with Gasteiger partial charge in [-0.15, -0.1) is 0 Å². The molecular weight excluding hydrogens is 302 g/mol. The molecule has 1 unspecified atom stereocenters. The molecule has 0 fully saturated rings. The number of aliphatic hydroxyl groups excluding tert-OH is 1. The fourth-order valence-corrected chi connectivity index (χ4v) is 2.42. The second kappa shape index (κ2) is 7.42. The Morgan fingerprint density at radius 3 is 2.86 bits per heavy atom. The molecule has 2 aromatic rings. The number of hydrogen-bond donors (Lipinski definition) is 2. The summed E-state index contributed by atoms with van der Waals surface area (Å²) in [5.41, 5.74) is 1.80. The summed E-state index contributed by atoms with van der Waals surface area (Å²) in [7, 11) is 1.77. The number of nitrogens with zero attached hydrogens (tertiary/aromatic N) is 2. The van der Waals surface area contributed by atoms with Gasteiger partial charge < -0.3 is 10.4 Å². The van der Waals surface area contributed by atoms with E-state index < -0.39 is 0 Å². The SMILES string of the molecule is CC(CCO)CNC(=O)c1cn(C)nc1-c1ccccc1Cl. The van der Waals surface area contributed by atoms with Crippen molar-refractivity contribution >= 4 is 17.5 Å². The van der Waals surface area contributed by atoms with Crippen molar-refractivity contribution in [1.29, 1.82) is 0 Å². The van der Waals surface area contributed by atoms with Crippen LogP contribution in [-0.2, 0) is 7.05 Å². The van der Waals surface area contributed by atoms with Gasteiger partial charge in [0, 0.05) is 32.0 Å². The predicted molar refractivity (Wildman–Crippen MR) is 86.9 cm³/mol. The molecule has 0 aliphatic heterocycles. The van der Waals surface area contributed by atoms with Crippen molar-refractivity contribution in [3.63, 3.8) is 0 Å². The van der Waals surface area contributed by atoms with Crippen LogP contribution in [0.25, 0.3) is 11.3 Å². The minimum Gasteiger partial charge on any atom is -0.396 e. The number of amides is 1. The lowest BCUT2D eigenvalue weighted by molar-refractivity contribution is 0.0946. The Bertz CT molecular complexity index is 655. The van der Waals surface area contributed by atoms with Gasteiger partial charge in [-0.3, -0.25) is 9.48 Å². The zero-order valence-electron chi connectivity index (χ0n) is 12.7. The van der Waals surface area contributed by atoms with Gasteiger partial charge in [-0.1, -0.05) is 36.7 Å². The molecule has 0 bridgehead atoms. The van der Waals surface area contributed by atoms with Gasteiger partial charge in [0.05, 0.1) is 10.6 Å². The molecule has 1 heterocycles. The molecule has 0 aliphatic rings. The number of nitrogens with one attached hydrogen (secondary N) is 1. The Morgan fingerprint density at radius 1 is 1.45 bits per heavy atom. The maximum Gasteiger partial charge on any atom is 0.255 e. The number of hydrogen-bond acceptors (Lipinski definition) is 3. The minimum absolute atomic E-state index is 0.120. The fourth-order valence-electron chi connectivity index (χ4n) is 2.19. The molecule has 0 aliphatic carbocycles. The van der Waals surface area contributed by atoms with Gasteiger partial charge in [0.15, 0.2) is 0 Å². The standard InChI is InChI=1S/C16H20ClN3O2/c1-11(7-8-21)9-18-16(22)13-10-20(2)19-15(13)12-5-3-4-6-14(12)17/h3-6,10-11,21H,7-9H2,1-2H3,(H,18,22). The van der Waals surface area contributed by atoms with Crippen LogP contribution in [0.15, 0.2) is 30.5 Å². The maximum absolute atomic E-state index is 12.4. The summed E-state index contributed by atoms with van der Waals surface area (Å²) < 4.78 is 1.60. The summed E-state index contributed by atoms with van der Waals surface area (Å²) in [6.45, 7) is 2.61. The Hall–Kier alpha value is -1.85. The highest BCUT2D eigenvalue weighted by molar-refractivity contribution is 6.33. The van der Waals surface area contributed by atoms with Crippen LogP contribution in [0.5, 0.6) is 0 Å². The van der Waals surface area contributed by atoms with Crippen molar-refractivity contribution in [2.24, 2.45) is 13.0 Å². The Kier molecular flexibility index (Phi) is 5.57. The molecule has 0 radical (unpaired) electrons. The first-order chi connectivity index (χ1) is 10.5. The molecule has 0 spiro atoms. The first-order valence-corrected chi connectivity index (χ1v) is 7.58. The lowest BCUT2D eigenvalue weighted by Crippen LogP contribution is -2.28. The molecule has 1 aromatic heterocycles. The number of rotatable bonds is 6. The molecule has 22 heavy (non-hydrogen) atoms. The monoisotopic (exact) mass is 321 g/mol. The number of carbonyl (C=O) groups is 1. The number of aliphatic hydroxyl groups is 1. The summed E-state index contributed by atoms with van der Waals surface area (Å²) >= 11 is 6.20. The average Bonchev–Trinajstić information content (AvgIpc) is 2.87. The van der Waals surface area contributed by atoms with Crippen LogP contribution in [0.4, 0.5) is 0 Å². The lowest BCUT2D eigenvalue weighted by Gasteiger charge is -2.11. The van der Waals surface area contributed by atoms with Crippen LogP contribution in [0.2, 0.25) is 5.02 Å². The lowest BCUT2D eigenvalue weighted by atomic mass is 10.1. The minimum atomic E-state index is -0.187. The number of aromatic nitrogens is 2. The first kappa shape index (κ1) is 16.5. The van der Waals surface area contributed by atoms with E-state index in [4.69, 9.17) is 16.7 Å². The molecule has 6 heteroatoms. The smallest absolute Gasteiger partial charge is 0.255 e. The van der Waals surface area contributed by atoms with Crippen LogP contribution < -0.4 is 5.32 Å². The van der Waals surface area contributed by atoms with Crippen molar-refractivity contribution < 1.29 is 9.90 Å². The maximum atomic E-state index is 12.4. The van der Waals surface area contributed by atoms with E-state index in [2.05, 4.69) is 10.4 Å². The number of aryl methyl sites for hydroxylation is 1. The predicted octanol–water partition coefficient (Wildman–Crippen LogP) is 2.49. The topological polar surface area (TPSA) is 67.2 Å². The van der Waals surface area contributed by atoms with Gasteiger partial charge in [0.2, 0.25) is 0 Å². The average molecular weight is 322 g/mol. The molecule has 1 aromatic carbocycles. The second-order valence-corrected chi connectivity index (χ2v) is 5.78. The molecule has 1 amide bonds. The third-order valence-corrected chi connectivity index (χ3v) is 3.76. The zero-order valence-corrected chi connectivity index (χ0v) is 13.5. The van der Waals surface area contributed by atoms with Crippen molar-refractivity contribution in [2.75, 3.05) is 13.2 Å². The Balaban J connectivity index is 2.22. The van der Waals surface area contributed by atoms with E-state index in [-0.39, 0.29) is 18.4 Å². The third kappa shape index (κ3) is 3.87. The van der Waals surface area contributed by atoms with Gasteiger partial charge in [0.1, 0.15) is 5.69 Å².